The van der Waals surface area contributed by atoms with Gasteiger partial charge in [-0.2, -0.15) is 0 Å². The number of carbonyl (C=O) groups is 3. The van der Waals surface area contributed by atoms with E-state index in [2.05, 4.69) is 22.8 Å². The lowest BCUT2D eigenvalue weighted by molar-refractivity contribution is -0.141. The first-order chi connectivity index (χ1) is 14.3. The van der Waals surface area contributed by atoms with Crippen LogP contribution in [0.4, 0.5) is 4.79 Å². The fourth-order valence-corrected chi connectivity index (χ4v) is 3.67. The van der Waals surface area contributed by atoms with Crippen LogP contribution in [-0.2, 0) is 14.3 Å². The highest BCUT2D eigenvalue weighted by Gasteiger charge is 2.31. The number of hydrogen-bond donors (Lipinski definition) is 3. The van der Waals surface area contributed by atoms with Gasteiger partial charge < -0.3 is 20.5 Å². The molecule has 0 spiro atoms. The summed E-state index contributed by atoms with van der Waals surface area (Å²) < 4.78 is 5.48. The summed E-state index contributed by atoms with van der Waals surface area (Å²) in [7, 11) is 0. The molecule has 0 radical (unpaired) electrons. The standard InChI is InChI=1S/C23H26N2O5/c1-13(2)20(21(26)24-14(3)22(27)28)25-23(29)30-12-19-17-10-6-4-8-15(17)16-9-5-7-11-18(16)19/h4-11,13-14,19-20H,12H2,1-3H3,(H,24,26)(H,25,29)(H,27,28)/t14-,20-/m1/s1. The highest BCUT2D eigenvalue weighted by atomic mass is 16.5. The predicted molar refractivity (Wildman–Crippen MR) is 112 cm³/mol. The summed E-state index contributed by atoms with van der Waals surface area (Å²) in [5, 5.41) is 13.9. The van der Waals surface area contributed by atoms with Gasteiger partial charge in [0.2, 0.25) is 5.91 Å². The van der Waals surface area contributed by atoms with E-state index in [9.17, 15) is 14.4 Å². The third kappa shape index (κ3) is 4.45. The predicted octanol–water partition coefficient (Wildman–Crippen LogP) is 3.14. The summed E-state index contributed by atoms with van der Waals surface area (Å²) in [4.78, 5) is 35.8. The Kier molecular flexibility index (Phi) is 6.40. The number of rotatable bonds is 7. The van der Waals surface area contributed by atoms with Crippen molar-refractivity contribution in [3.05, 3.63) is 59.7 Å². The quantitative estimate of drug-likeness (QED) is 0.650. The summed E-state index contributed by atoms with van der Waals surface area (Å²) in [6, 6.07) is 14.1. The average molecular weight is 410 g/mol. The van der Waals surface area contributed by atoms with E-state index in [1.807, 2.05) is 36.4 Å². The number of carbonyl (C=O) groups excluding carboxylic acids is 2. The van der Waals surface area contributed by atoms with E-state index in [1.165, 1.54) is 6.92 Å². The number of fused-ring (bicyclic) bond motifs is 3. The molecule has 158 valence electrons. The zero-order valence-electron chi connectivity index (χ0n) is 17.2. The number of carboxylic acid groups (broad SMARTS) is 1. The number of alkyl carbamates (subject to hydrolysis) is 1. The van der Waals surface area contributed by atoms with Crippen LogP contribution in [0.15, 0.2) is 48.5 Å². The molecule has 1 aliphatic rings. The van der Waals surface area contributed by atoms with Gasteiger partial charge in [0.25, 0.3) is 0 Å². The maximum Gasteiger partial charge on any atom is 0.407 e. The van der Waals surface area contributed by atoms with E-state index in [-0.39, 0.29) is 18.4 Å². The maximum absolute atomic E-state index is 12.4. The molecule has 0 fully saturated rings. The van der Waals surface area contributed by atoms with E-state index >= 15 is 0 Å². The van der Waals surface area contributed by atoms with Crippen molar-refractivity contribution in [1.82, 2.24) is 10.6 Å². The monoisotopic (exact) mass is 410 g/mol. The first-order valence-corrected chi connectivity index (χ1v) is 9.94. The van der Waals surface area contributed by atoms with Crippen molar-refractivity contribution in [1.29, 1.82) is 0 Å². The van der Waals surface area contributed by atoms with Crippen LogP contribution < -0.4 is 10.6 Å². The van der Waals surface area contributed by atoms with Crippen LogP contribution in [0.2, 0.25) is 0 Å². The number of aliphatic carboxylic acids is 1. The highest BCUT2D eigenvalue weighted by Crippen LogP contribution is 2.44. The first kappa shape index (κ1) is 21.4. The smallest absolute Gasteiger partial charge is 0.407 e. The Morgan fingerprint density at radius 2 is 1.47 bits per heavy atom. The van der Waals surface area contributed by atoms with Gasteiger partial charge in [-0.25, -0.2) is 4.79 Å². The second kappa shape index (κ2) is 8.98. The van der Waals surface area contributed by atoms with Gasteiger partial charge in [0.1, 0.15) is 18.7 Å². The Hall–Kier alpha value is -3.35. The van der Waals surface area contributed by atoms with Crippen molar-refractivity contribution in [2.75, 3.05) is 6.61 Å². The summed E-state index contributed by atoms with van der Waals surface area (Å²) in [6.07, 6.45) is -0.714. The van der Waals surface area contributed by atoms with Crippen molar-refractivity contribution in [2.24, 2.45) is 5.92 Å². The third-order valence-corrected chi connectivity index (χ3v) is 5.30. The molecule has 0 aromatic heterocycles. The second-order valence-corrected chi connectivity index (χ2v) is 7.76. The van der Waals surface area contributed by atoms with Crippen molar-refractivity contribution in [3.8, 4) is 11.1 Å². The van der Waals surface area contributed by atoms with Crippen molar-refractivity contribution in [3.63, 3.8) is 0 Å². The molecule has 0 saturated heterocycles. The summed E-state index contributed by atoms with van der Waals surface area (Å²) >= 11 is 0. The number of carboxylic acids is 1. The van der Waals surface area contributed by atoms with Gasteiger partial charge in [0.15, 0.2) is 0 Å². The SMILES string of the molecule is CC(C)[C@@H](NC(=O)OCC1c2ccccc2-c2ccccc21)C(=O)N[C@H](C)C(=O)O. The minimum atomic E-state index is -1.15. The third-order valence-electron chi connectivity index (χ3n) is 5.30. The highest BCUT2D eigenvalue weighted by molar-refractivity contribution is 5.89. The molecule has 0 heterocycles. The Bertz CT molecular complexity index is 911. The van der Waals surface area contributed by atoms with Crippen molar-refractivity contribution >= 4 is 18.0 Å². The Balaban J connectivity index is 1.66. The van der Waals surface area contributed by atoms with E-state index in [1.54, 1.807) is 13.8 Å². The fourth-order valence-electron chi connectivity index (χ4n) is 3.67. The molecule has 0 bridgehead atoms. The molecule has 2 aromatic carbocycles. The fraction of sp³-hybridized carbons (Fsp3) is 0.348. The largest absolute Gasteiger partial charge is 0.480 e. The van der Waals surface area contributed by atoms with E-state index in [0.717, 1.165) is 22.3 Å². The summed E-state index contributed by atoms with van der Waals surface area (Å²) in [5.41, 5.74) is 4.45. The molecular weight excluding hydrogens is 384 g/mol. The summed E-state index contributed by atoms with van der Waals surface area (Å²) in [6.45, 7) is 5.03. The van der Waals surface area contributed by atoms with Crippen LogP contribution in [0.25, 0.3) is 11.1 Å². The molecule has 7 heteroatoms. The van der Waals surface area contributed by atoms with Crippen LogP contribution >= 0.6 is 0 Å². The molecule has 2 atom stereocenters. The minimum absolute atomic E-state index is 0.0819. The van der Waals surface area contributed by atoms with E-state index < -0.39 is 30.1 Å². The zero-order chi connectivity index (χ0) is 21.8. The molecule has 0 saturated carbocycles. The van der Waals surface area contributed by atoms with Crippen LogP contribution in [0.1, 0.15) is 37.8 Å². The Labute approximate surface area is 175 Å². The molecule has 0 unspecified atom stereocenters. The lowest BCUT2D eigenvalue weighted by atomic mass is 9.98. The van der Waals surface area contributed by atoms with Crippen molar-refractivity contribution < 1.29 is 24.2 Å². The molecular formula is C23H26N2O5. The van der Waals surface area contributed by atoms with Gasteiger partial charge in [-0.05, 0) is 35.1 Å². The van der Waals surface area contributed by atoms with Crippen LogP contribution in [-0.4, -0.2) is 41.8 Å². The molecule has 0 aliphatic heterocycles. The van der Waals surface area contributed by atoms with Crippen LogP contribution in [0.5, 0.6) is 0 Å². The lowest BCUT2D eigenvalue weighted by Gasteiger charge is -2.23. The molecule has 7 nitrogen and oxygen atoms in total. The Morgan fingerprint density at radius 1 is 0.933 bits per heavy atom. The topological polar surface area (TPSA) is 105 Å². The van der Waals surface area contributed by atoms with Crippen LogP contribution in [0.3, 0.4) is 0 Å². The average Bonchev–Trinajstić information content (AvgIpc) is 3.04. The Morgan fingerprint density at radius 3 is 1.97 bits per heavy atom. The van der Waals surface area contributed by atoms with Gasteiger partial charge in [0.05, 0.1) is 0 Å². The first-order valence-electron chi connectivity index (χ1n) is 9.94. The molecule has 30 heavy (non-hydrogen) atoms. The van der Waals surface area contributed by atoms with Crippen LogP contribution in [0, 0.1) is 5.92 Å². The molecule has 2 amide bonds. The second-order valence-electron chi connectivity index (χ2n) is 7.76. The number of nitrogens with one attached hydrogen (secondary N) is 2. The molecule has 1 aliphatic carbocycles. The normalized spacial score (nSPS) is 14.4. The van der Waals surface area contributed by atoms with Gasteiger partial charge in [-0.1, -0.05) is 62.4 Å². The van der Waals surface area contributed by atoms with Gasteiger partial charge in [-0.15, -0.1) is 0 Å². The number of hydrogen-bond acceptors (Lipinski definition) is 4. The van der Waals surface area contributed by atoms with Gasteiger partial charge >= 0.3 is 12.1 Å². The van der Waals surface area contributed by atoms with Crippen molar-refractivity contribution in [2.45, 2.75) is 38.8 Å². The minimum Gasteiger partial charge on any atom is -0.480 e. The van der Waals surface area contributed by atoms with E-state index in [0.29, 0.717) is 0 Å². The molecule has 3 N–H and O–H groups in total. The van der Waals surface area contributed by atoms with Gasteiger partial charge in [0, 0.05) is 5.92 Å². The number of benzene rings is 2. The number of amides is 2. The molecule has 3 rings (SSSR count). The molecule has 2 aromatic rings. The van der Waals surface area contributed by atoms with Gasteiger partial charge in [-0.3, -0.25) is 9.59 Å². The number of ether oxygens (including phenoxy) is 1. The maximum atomic E-state index is 12.4. The van der Waals surface area contributed by atoms with E-state index in [4.69, 9.17) is 9.84 Å². The lowest BCUT2D eigenvalue weighted by Crippen LogP contribution is -2.53. The zero-order valence-corrected chi connectivity index (χ0v) is 17.2. The summed E-state index contributed by atoms with van der Waals surface area (Å²) in [5.74, 6) is -2.03.